The van der Waals surface area contributed by atoms with Gasteiger partial charge in [-0.2, -0.15) is 0 Å². The summed E-state index contributed by atoms with van der Waals surface area (Å²) in [6, 6.07) is 16.3. The predicted molar refractivity (Wildman–Crippen MR) is 91.7 cm³/mol. The molecule has 3 rings (SSSR count). The largest absolute Gasteiger partial charge is 0.330 e. The summed E-state index contributed by atoms with van der Waals surface area (Å²) in [4.78, 5) is 19.5. The lowest BCUT2D eigenvalue weighted by Crippen LogP contribution is -2.40. The number of benzene rings is 1. The molecule has 1 aromatic heterocycles. The van der Waals surface area contributed by atoms with Crippen molar-refractivity contribution < 1.29 is 4.79 Å². The van der Waals surface area contributed by atoms with E-state index in [9.17, 15) is 4.79 Å². The number of hydrogen-bond donors (Lipinski definition) is 0. The average molecular weight is 308 g/mol. The summed E-state index contributed by atoms with van der Waals surface area (Å²) in [5.41, 5.74) is 3.12. The van der Waals surface area contributed by atoms with Gasteiger partial charge in [-0.3, -0.25) is 9.78 Å². The van der Waals surface area contributed by atoms with Gasteiger partial charge >= 0.3 is 0 Å². The van der Waals surface area contributed by atoms with Crippen LogP contribution in [0.3, 0.4) is 0 Å². The highest BCUT2D eigenvalue weighted by Crippen LogP contribution is 2.32. The maximum Gasteiger partial charge on any atom is 0.226 e. The van der Waals surface area contributed by atoms with Gasteiger partial charge in [0.25, 0.3) is 0 Å². The number of carbonyl (C=O) groups is 1. The van der Waals surface area contributed by atoms with Crippen molar-refractivity contribution in [1.29, 1.82) is 0 Å². The Morgan fingerprint density at radius 2 is 1.91 bits per heavy atom. The van der Waals surface area contributed by atoms with Crippen LogP contribution in [0.4, 0.5) is 0 Å². The third-order valence-electron chi connectivity index (χ3n) is 4.77. The van der Waals surface area contributed by atoms with Crippen LogP contribution >= 0.6 is 0 Å². The summed E-state index contributed by atoms with van der Waals surface area (Å²) in [6.07, 6.45) is 3.23. The van der Waals surface area contributed by atoms with E-state index >= 15 is 0 Å². The lowest BCUT2D eigenvalue weighted by molar-refractivity contribution is -0.141. The van der Waals surface area contributed by atoms with Crippen molar-refractivity contribution in [3.05, 3.63) is 65.5 Å². The number of aryl methyl sites for hydroxylation is 1. The van der Waals surface area contributed by atoms with E-state index < -0.39 is 0 Å². The van der Waals surface area contributed by atoms with Crippen LogP contribution in [0.25, 0.3) is 0 Å². The summed E-state index contributed by atoms with van der Waals surface area (Å²) >= 11 is 0. The molecule has 0 radical (unpaired) electrons. The maximum atomic E-state index is 12.9. The van der Waals surface area contributed by atoms with E-state index in [1.807, 2.05) is 48.2 Å². The third kappa shape index (κ3) is 3.61. The van der Waals surface area contributed by atoms with Gasteiger partial charge in [-0.05, 0) is 44.4 Å². The third-order valence-corrected chi connectivity index (χ3v) is 4.77. The van der Waals surface area contributed by atoms with Crippen LogP contribution in [0.1, 0.15) is 49.2 Å². The van der Waals surface area contributed by atoms with Crippen molar-refractivity contribution in [3.8, 4) is 0 Å². The van der Waals surface area contributed by atoms with E-state index in [1.165, 1.54) is 12.0 Å². The van der Waals surface area contributed by atoms with Crippen LogP contribution in [0.5, 0.6) is 0 Å². The van der Waals surface area contributed by atoms with Crippen LogP contribution in [0.2, 0.25) is 0 Å². The van der Waals surface area contributed by atoms with E-state index in [0.29, 0.717) is 6.54 Å². The quantitative estimate of drug-likeness (QED) is 0.826. The molecule has 0 aliphatic heterocycles. The van der Waals surface area contributed by atoms with Crippen molar-refractivity contribution in [2.75, 3.05) is 0 Å². The molecule has 1 fully saturated rings. The van der Waals surface area contributed by atoms with Gasteiger partial charge in [-0.25, -0.2) is 0 Å². The number of rotatable bonds is 5. The zero-order chi connectivity index (χ0) is 16.2. The molecule has 1 aliphatic rings. The van der Waals surface area contributed by atoms with Gasteiger partial charge in [0.1, 0.15) is 0 Å². The topological polar surface area (TPSA) is 33.2 Å². The standard InChI is InChI=1S/C20H24N2O/c1-15-8-6-13-19(21-15)14-22(20(23)18-11-7-12-18)16(2)17-9-4-3-5-10-17/h3-6,8-10,13,16,18H,7,11-12,14H2,1-2H3. The second kappa shape index (κ2) is 6.95. The number of pyridine rings is 1. The molecule has 1 saturated carbocycles. The molecule has 2 aromatic rings. The highest BCUT2D eigenvalue weighted by Gasteiger charge is 2.32. The molecule has 0 N–H and O–H groups in total. The highest BCUT2D eigenvalue weighted by atomic mass is 16.2. The summed E-state index contributed by atoms with van der Waals surface area (Å²) in [5, 5.41) is 0. The summed E-state index contributed by atoms with van der Waals surface area (Å²) in [5.74, 6) is 0.474. The van der Waals surface area contributed by atoms with Crippen LogP contribution in [0, 0.1) is 12.8 Å². The Labute approximate surface area is 138 Å². The minimum atomic E-state index is 0.0617. The lowest BCUT2D eigenvalue weighted by Gasteiger charge is -2.35. The molecule has 1 aliphatic carbocycles. The molecule has 3 heteroatoms. The minimum absolute atomic E-state index is 0.0617. The van der Waals surface area contributed by atoms with Gasteiger partial charge in [-0.1, -0.05) is 42.8 Å². The molecule has 120 valence electrons. The van der Waals surface area contributed by atoms with Gasteiger partial charge in [0.2, 0.25) is 5.91 Å². The first kappa shape index (κ1) is 15.7. The molecular weight excluding hydrogens is 284 g/mol. The summed E-state index contributed by atoms with van der Waals surface area (Å²) in [6.45, 7) is 4.68. The van der Waals surface area contributed by atoms with Crippen molar-refractivity contribution in [2.24, 2.45) is 5.92 Å². The van der Waals surface area contributed by atoms with E-state index in [4.69, 9.17) is 0 Å². The van der Waals surface area contributed by atoms with Gasteiger partial charge in [-0.15, -0.1) is 0 Å². The maximum absolute atomic E-state index is 12.9. The first-order chi connectivity index (χ1) is 11.1. The van der Waals surface area contributed by atoms with Crippen LogP contribution in [-0.4, -0.2) is 15.8 Å². The Morgan fingerprint density at radius 1 is 1.17 bits per heavy atom. The average Bonchev–Trinajstić information content (AvgIpc) is 2.51. The molecule has 0 spiro atoms. The van der Waals surface area contributed by atoms with Gasteiger partial charge < -0.3 is 4.90 Å². The second-order valence-corrected chi connectivity index (χ2v) is 6.45. The SMILES string of the molecule is Cc1cccc(CN(C(=O)C2CCC2)C(C)c2ccccc2)n1. The molecule has 1 aromatic carbocycles. The molecule has 23 heavy (non-hydrogen) atoms. The number of nitrogens with zero attached hydrogens (tertiary/aromatic N) is 2. The first-order valence-electron chi connectivity index (χ1n) is 8.43. The van der Waals surface area contributed by atoms with E-state index in [0.717, 1.165) is 24.2 Å². The Balaban J connectivity index is 1.85. The Kier molecular flexibility index (Phi) is 4.75. The molecular formula is C20H24N2O. The van der Waals surface area contributed by atoms with Gasteiger partial charge in [0, 0.05) is 11.6 Å². The fourth-order valence-electron chi connectivity index (χ4n) is 3.07. The molecule has 1 heterocycles. The zero-order valence-corrected chi connectivity index (χ0v) is 13.9. The fourth-order valence-corrected chi connectivity index (χ4v) is 3.07. The number of amides is 1. The summed E-state index contributed by atoms with van der Waals surface area (Å²) in [7, 11) is 0. The van der Waals surface area contributed by atoms with Crippen molar-refractivity contribution in [2.45, 2.75) is 45.7 Å². The number of aromatic nitrogens is 1. The second-order valence-electron chi connectivity index (χ2n) is 6.45. The van der Waals surface area contributed by atoms with Gasteiger partial charge in [0.15, 0.2) is 0 Å². The van der Waals surface area contributed by atoms with Crippen molar-refractivity contribution in [1.82, 2.24) is 9.88 Å². The lowest BCUT2D eigenvalue weighted by atomic mass is 9.84. The van der Waals surface area contributed by atoms with Crippen molar-refractivity contribution in [3.63, 3.8) is 0 Å². The molecule has 1 unspecified atom stereocenters. The van der Waals surface area contributed by atoms with Crippen LogP contribution in [0.15, 0.2) is 48.5 Å². The molecule has 0 saturated heterocycles. The number of hydrogen-bond acceptors (Lipinski definition) is 2. The molecule has 1 atom stereocenters. The first-order valence-corrected chi connectivity index (χ1v) is 8.43. The van der Waals surface area contributed by atoms with E-state index in [-0.39, 0.29) is 17.9 Å². The minimum Gasteiger partial charge on any atom is -0.330 e. The molecule has 3 nitrogen and oxygen atoms in total. The van der Waals surface area contributed by atoms with Gasteiger partial charge in [0.05, 0.1) is 18.3 Å². The Bertz CT molecular complexity index is 664. The van der Waals surface area contributed by atoms with E-state index in [2.05, 4.69) is 24.0 Å². The fraction of sp³-hybridized carbons (Fsp3) is 0.400. The molecule has 1 amide bonds. The van der Waals surface area contributed by atoms with Crippen LogP contribution < -0.4 is 0 Å². The Morgan fingerprint density at radius 3 is 2.52 bits per heavy atom. The normalized spacial score (nSPS) is 15.7. The molecule has 0 bridgehead atoms. The van der Waals surface area contributed by atoms with Crippen molar-refractivity contribution >= 4 is 5.91 Å². The number of carbonyl (C=O) groups excluding carboxylic acids is 1. The smallest absolute Gasteiger partial charge is 0.226 e. The zero-order valence-electron chi connectivity index (χ0n) is 13.9. The monoisotopic (exact) mass is 308 g/mol. The summed E-state index contributed by atoms with van der Waals surface area (Å²) < 4.78 is 0. The Hall–Kier alpha value is -2.16. The van der Waals surface area contributed by atoms with E-state index in [1.54, 1.807) is 0 Å². The predicted octanol–water partition coefficient (Wildman–Crippen LogP) is 4.28. The highest BCUT2D eigenvalue weighted by molar-refractivity contribution is 5.80. The van der Waals surface area contributed by atoms with Crippen LogP contribution in [-0.2, 0) is 11.3 Å².